The lowest BCUT2D eigenvalue weighted by molar-refractivity contribution is 0.0922. The molecule has 18 heavy (non-hydrogen) atoms. The Kier molecular flexibility index (Phi) is 5.31. The van der Waals surface area contributed by atoms with Crippen molar-refractivity contribution in [1.29, 1.82) is 0 Å². The Morgan fingerprint density at radius 1 is 1.22 bits per heavy atom. The lowest BCUT2D eigenvalue weighted by atomic mass is 9.78. The predicted molar refractivity (Wildman–Crippen MR) is 76.4 cm³/mol. The molecule has 0 radical (unpaired) electrons. The van der Waals surface area contributed by atoms with Crippen molar-refractivity contribution in [3.05, 3.63) is 0 Å². The van der Waals surface area contributed by atoms with E-state index in [1.807, 2.05) is 0 Å². The predicted octanol–water partition coefficient (Wildman–Crippen LogP) is 2.05. The van der Waals surface area contributed by atoms with Crippen LogP contribution in [0.3, 0.4) is 0 Å². The normalized spacial score (nSPS) is 31.7. The average Bonchev–Trinajstić information content (AvgIpc) is 2.98. The van der Waals surface area contributed by atoms with Crippen LogP contribution in [0.4, 0.5) is 0 Å². The summed E-state index contributed by atoms with van der Waals surface area (Å²) in [7, 11) is 0. The molecule has 1 N–H and O–H groups in total. The molecule has 3 aliphatic rings. The first kappa shape index (κ1) is 14.6. The summed E-state index contributed by atoms with van der Waals surface area (Å²) >= 11 is 0. The van der Waals surface area contributed by atoms with Gasteiger partial charge in [-0.3, -0.25) is 0 Å². The molecule has 3 fully saturated rings. The van der Waals surface area contributed by atoms with Crippen LogP contribution >= 0.6 is 12.4 Å². The van der Waals surface area contributed by atoms with E-state index in [4.69, 9.17) is 4.74 Å². The molecule has 3 nitrogen and oxygen atoms in total. The van der Waals surface area contributed by atoms with Crippen molar-refractivity contribution in [3.63, 3.8) is 0 Å². The average molecular weight is 275 g/mol. The molecule has 3 rings (SSSR count). The third-order valence-electron chi connectivity index (χ3n) is 4.97. The Morgan fingerprint density at radius 3 is 2.78 bits per heavy atom. The summed E-state index contributed by atoms with van der Waals surface area (Å²) in [6.07, 6.45) is 8.62. The molecular formula is C14H27ClN2O. The van der Waals surface area contributed by atoms with Crippen molar-refractivity contribution in [3.8, 4) is 0 Å². The quantitative estimate of drug-likeness (QED) is 0.853. The third-order valence-corrected chi connectivity index (χ3v) is 4.97. The standard InChI is InChI=1S/C14H26N2O.ClH/c1-2-13(17-11-1)3-9-16-10-6-14(12-16)4-7-15-8-5-14;/h13,15H,1-12H2;1H. The van der Waals surface area contributed by atoms with Crippen molar-refractivity contribution >= 4 is 12.4 Å². The molecule has 4 heteroatoms. The van der Waals surface area contributed by atoms with E-state index in [2.05, 4.69) is 10.2 Å². The van der Waals surface area contributed by atoms with Crippen LogP contribution in [0.5, 0.6) is 0 Å². The summed E-state index contributed by atoms with van der Waals surface area (Å²) in [5, 5.41) is 3.49. The third kappa shape index (κ3) is 3.38. The number of halogens is 1. The van der Waals surface area contributed by atoms with Crippen molar-refractivity contribution < 1.29 is 4.74 Å². The molecule has 106 valence electrons. The van der Waals surface area contributed by atoms with Gasteiger partial charge in [0.1, 0.15) is 0 Å². The van der Waals surface area contributed by atoms with Crippen molar-refractivity contribution in [2.24, 2.45) is 5.41 Å². The number of nitrogens with zero attached hydrogens (tertiary/aromatic N) is 1. The van der Waals surface area contributed by atoms with Gasteiger partial charge in [0, 0.05) is 19.7 Å². The highest BCUT2D eigenvalue weighted by atomic mass is 35.5. The molecule has 3 heterocycles. The van der Waals surface area contributed by atoms with Gasteiger partial charge in [-0.2, -0.15) is 0 Å². The molecule has 3 aliphatic heterocycles. The SMILES string of the molecule is C1COC(CCN2CCC3(CCNCC3)C2)C1.Cl. The molecule has 0 saturated carbocycles. The fraction of sp³-hybridized carbons (Fsp3) is 1.00. The van der Waals surface area contributed by atoms with Gasteiger partial charge in [-0.1, -0.05) is 0 Å². The van der Waals surface area contributed by atoms with Crippen LogP contribution in [-0.2, 0) is 4.74 Å². The van der Waals surface area contributed by atoms with Crippen LogP contribution in [0.25, 0.3) is 0 Å². The van der Waals surface area contributed by atoms with Crippen molar-refractivity contribution in [1.82, 2.24) is 10.2 Å². The van der Waals surface area contributed by atoms with Gasteiger partial charge in [0.2, 0.25) is 0 Å². The smallest absolute Gasteiger partial charge is 0.0588 e. The van der Waals surface area contributed by atoms with Crippen molar-refractivity contribution in [2.45, 2.75) is 44.6 Å². The van der Waals surface area contributed by atoms with Gasteiger partial charge in [-0.05, 0) is 63.6 Å². The minimum atomic E-state index is 0. The summed E-state index contributed by atoms with van der Waals surface area (Å²) in [4.78, 5) is 2.69. The zero-order chi connectivity index (χ0) is 11.6. The van der Waals surface area contributed by atoms with Crippen LogP contribution < -0.4 is 5.32 Å². The van der Waals surface area contributed by atoms with Crippen LogP contribution in [0.2, 0.25) is 0 Å². The van der Waals surface area contributed by atoms with E-state index in [1.54, 1.807) is 0 Å². The Hall–Kier alpha value is 0.170. The fourth-order valence-corrected chi connectivity index (χ4v) is 3.78. The summed E-state index contributed by atoms with van der Waals surface area (Å²) in [6.45, 7) is 7.41. The molecule has 0 bridgehead atoms. The number of ether oxygens (including phenoxy) is 1. The number of likely N-dealkylation sites (tertiary alicyclic amines) is 1. The van der Waals surface area contributed by atoms with Crippen LogP contribution in [0, 0.1) is 5.41 Å². The van der Waals surface area contributed by atoms with Gasteiger partial charge >= 0.3 is 0 Å². The molecule has 0 aromatic heterocycles. The molecule has 1 atom stereocenters. The maximum absolute atomic E-state index is 5.71. The summed E-state index contributed by atoms with van der Waals surface area (Å²) in [5.41, 5.74) is 0.668. The fourth-order valence-electron chi connectivity index (χ4n) is 3.78. The van der Waals surface area contributed by atoms with Gasteiger partial charge in [0.25, 0.3) is 0 Å². The van der Waals surface area contributed by atoms with Crippen molar-refractivity contribution in [2.75, 3.05) is 39.3 Å². The Bertz CT molecular complexity index is 250. The number of hydrogen-bond acceptors (Lipinski definition) is 3. The van der Waals surface area contributed by atoms with E-state index in [0.717, 1.165) is 6.61 Å². The topological polar surface area (TPSA) is 24.5 Å². The zero-order valence-corrected chi connectivity index (χ0v) is 12.1. The van der Waals surface area contributed by atoms with E-state index in [-0.39, 0.29) is 12.4 Å². The van der Waals surface area contributed by atoms with Gasteiger partial charge in [0.15, 0.2) is 0 Å². The molecule has 0 aliphatic carbocycles. The zero-order valence-electron chi connectivity index (χ0n) is 11.3. The lowest BCUT2D eigenvalue weighted by Crippen LogP contribution is -2.39. The molecule has 3 saturated heterocycles. The van der Waals surface area contributed by atoms with E-state index in [0.29, 0.717) is 11.5 Å². The molecule has 1 spiro atoms. The number of hydrogen-bond donors (Lipinski definition) is 1. The Balaban J connectivity index is 0.00000120. The highest BCUT2D eigenvalue weighted by Gasteiger charge is 2.38. The Morgan fingerprint density at radius 2 is 2.06 bits per heavy atom. The number of nitrogens with one attached hydrogen (secondary N) is 1. The second-order valence-corrected chi connectivity index (χ2v) is 6.20. The van der Waals surface area contributed by atoms with Crippen LogP contribution in [0.15, 0.2) is 0 Å². The monoisotopic (exact) mass is 274 g/mol. The number of rotatable bonds is 3. The first-order valence-corrected chi connectivity index (χ1v) is 7.41. The van der Waals surface area contributed by atoms with E-state index in [9.17, 15) is 0 Å². The highest BCUT2D eigenvalue weighted by molar-refractivity contribution is 5.85. The van der Waals surface area contributed by atoms with Gasteiger partial charge in [-0.25, -0.2) is 0 Å². The first-order valence-electron chi connectivity index (χ1n) is 7.41. The molecular weight excluding hydrogens is 248 g/mol. The lowest BCUT2D eigenvalue weighted by Gasteiger charge is -2.34. The minimum Gasteiger partial charge on any atom is -0.378 e. The summed E-state index contributed by atoms with van der Waals surface area (Å²) < 4.78 is 5.71. The van der Waals surface area contributed by atoms with Crippen LogP contribution in [-0.4, -0.2) is 50.3 Å². The van der Waals surface area contributed by atoms with E-state index < -0.39 is 0 Å². The van der Waals surface area contributed by atoms with Gasteiger partial charge in [-0.15, -0.1) is 12.4 Å². The van der Waals surface area contributed by atoms with Gasteiger partial charge < -0.3 is 15.0 Å². The van der Waals surface area contributed by atoms with Gasteiger partial charge in [0.05, 0.1) is 6.10 Å². The number of piperidine rings is 1. The summed E-state index contributed by atoms with van der Waals surface area (Å²) in [6, 6.07) is 0. The highest BCUT2D eigenvalue weighted by Crippen LogP contribution is 2.38. The molecule has 0 aromatic carbocycles. The molecule has 0 amide bonds. The second kappa shape index (κ2) is 6.56. The Labute approximate surface area is 117 Å². The maximum atomic E-state index is 5.71. The maximum Gasteiger partial charge on any atom is 0.0588 e. The second-order valence-electron chi connectivity index (χ2n) is 6.20. The van der Waals surface area contributed by atoms with Crippen LogP contribution in [0.1, 0.15) is 38.5 Å². The largest absolute Gasteiger partial charge is 0.378 e. The van der Waals surface area contributed by atoms with E-state index in [1.165, 1.54) is 71.2 Å². The minimum absolute atomic E-state index is 0. The molecule has 0 aromatic rings. The summed E-state index contributed by atoms with van der Waals surface area (Å²) in [5.74, 6) is 0. The molecule has 1 unspecified atom stereocenters. The van der Waals surface area contributed by atoms with E-state index >= 15 is 0 Å². The first-order chi connectivity index (χ1) is 8.36.